The highest BCUT2D eigenvalue weighted by atomic mass is 35.5. The summed E-state index contributed by atoms with van der Waals surface area (Å²) in [5, 5.41) is 7.45. The van der Waals surface area contributed by atoms with Crippen molar-refractivity contribution in [2.45, 2.75) is 6.92 Å². The van der Waals surface area contributed by atoms with Crippen LogP contribution in [0.3, 0.4) is 0 Å². The molecular weight excluding hydrogens is 364 g/mol. The fraction of sp³-hybridized carbons (Fsp3) is 0.150. The maximum absolute atomic E-state index is 12.7. The summed E-state index contributed by atoms with van der Waals surface area (Å²) < 4.78 is 1.70. The lowest BCUT2D eigenvalue weighted by Gasteiger charge is -2.17. The van der Waals surface area contributed by atoms with E-state index >= 15 is 0 Å². The molecule has 138 valence electrons. The van der Waals surface area contributed by atoms with Gasteiger partial charge in [0.15, 0.2) is 0 Å². The standard InChI is InChI=1S/C20H19ClN4O2/c1-14-16(12-22-25(14)15-8-4-3-5-9-15)20(27)24(2)13-19(26)23-18-11-7-6-10-17(18)21/h3-12H,13H2,1-2H3,(H,23,26). The van der Waals surface area contributed by atoms with Crippen LogP contribution in [0.2, 0.25) is 5.02 Å². The van der Waals surface area contributed by atoms with E-state index in [1.54, 1.807) is 36.0 Å². The predicted octanol–water partition coefficient (Wildman–Crippen LogP) is 3.54. The van der Waals surface area contributed by atoms with Crippen molar-refractivity contribution in [3.63, 3.8) is 0 Å². The number of carbonyl (C=O) groups is 2. The molecule has 0 atom stereocenters. The van der Waals surface area contributed by atoms with E-state index in [4.69, 9.17) is 11.6 Å². The van der Waals surface area contributed by atoms with Gasteiger partial charge in [-0.1, -0.05) is 41.9 Å². The lowest BCUT2D eigenvalue weighted by molar-refractivity contribution is -0.116. The average Bonchev–Trinajstić information content (AvgIpc) is 3.05. The van der Waals surface area contributed by atoms with Gasteiger partial charge in [0.05, 0.1) is 40.4 Å². The van der Waals surface area contributed by atoms with Crippen LogP contribution in [0.1, 0.15) is 16.1 Å². The SMILES string of the molecule is Cc1c(C(=O)N(C)CC(=O)Nc2ccccc2Cl)cnn1-c1ccccc1. The zero-order chi connectivity index (χ0) is 19.4. The predicted molar refractivity (Wildman–Crippen MR) is 105 cm³/mol. The molecular formula is C20H19ClN4O2. The lowest BCUT2D eigenvalue weighted by atomic mass is 10.2. The molecule has 3 rings (SSSR count). The van der Waals surface area contributed by atoms with Crippen LogP contribution in [-0.2, 0) is 4.79 Å². The van der Waals surface area contributed by atoms with E-state index in [1.807, 2.05) is 37.3 Å². The fourth-order valence-corrected chi connectivity index (χ4v) is 2.88. The molecule has 0 unspecified atom stereocenters. The van der Waals surface area contributed by atoms with Gasteiger partial charge in [-0.25, -0.2) is 4.68 Å². The second-order valence-electron chi connectivity index (χ2n) is 6.08. The van der Waals surface area contributed by atoms with E-state index in [0.29, 0.717) is 22.0 Å². The first-order valence-electron chi connectivity index (χ1n) is 8.37. The van der Waals surface area contributed by atoms with Crippen LogP contribution >= 0.6 is 11.6 Å². The Labute approximate surface area is 162 Å². The van der Waals surface area contributed by atoms with Crippen molar-refractivity contribution in [2.75, 3.05) is 18.9 Å². The van der Waals surface area contributed by atoms with Gasteiger partial charge >= 0.3 is 0 Å². The maximum atomic E-state index is 12.7. The lowest BCUT2D eigenvalue weighted by Crippen LogP contribution is -2.35. The first-order chi connectivity index (χ1) is 13.0. The van der Waals surface area contributed by atoms with Gasteiger partial charge in [-0.2, -0.15) is 5.10 Å². The Morgan fingerprint density at radius 3 is 2.48 bits per heavy atom. The van der Waals surface area contributed by atoms with E-state index in [2.05, 4.69) is 10.4 Å². The molecule has 0 fully saturated rings. The third kappa shape index (κ3) is 4.17. The Kier molecular flexibility index (Phi) is 5.57. The van der Waals surface area contributed by atoms with Gasteiger partial charge in [0.1, 0.15) is 0 Å². The minimum atomic E-state index is -0.327. The number of halogens is 1. The number of hydrogen-bond donors (Lipinski definition) is 1. The molecule has 27 heavy (non-hydrogen) atoms. The Hall–Kier alpha value is -3.12. The number of amides is 2. The number of nitrogens with one attached hydrogen (secondary N) is 1. The number of benzene rings is 2. The molecule has 1 N–H and O–H groups in total. The molecule has 0 saturated carbocycles. The van der Waals surface area contributed by atoms with Crippen LogP contribution in [-0.4, -0.2) is 40.1 Å². The zero-order valence-electron chi connectivity index (χ0n) is 15.0. The van der Waals surface area contributed by atoms with Crippen molar-refractivity contribution in [2.24, 2.45) is 0 Å². The van der Waals surface area contributed by atoms with Gasteiger partial charge in [-0.3, -0.25) is 9.59 Å². The minimum Gasteiger partial charge on any atom is -0.332 e. The highest BCUT2D eigenvalue weighted by Gasteiger charge is 2.20. The Morgan fingerprint density at radius 1 is 1.11 bits per heavy atom. The van der Waals surface area contributed by atoms with E-state index in [1.165, 1.54) is 11.1 Å². The Morgan fingerprint density at radius 2 is 1.78 bits per heavy atom. The molecule has 7 heteroatoms. The van der Waals surface area contributed by atoms with Gasteiger partial charge in [0.25, 0.3) is 5.91 Å². The molecule has 0 bridgehead atoms. The number of anilines is 1. The highest BCUT2D eigenvalue weighted by Crippen LogP contribution is 2.20. The number of hydrogen-bond acceptors (Lipinski definition) is 3. The van der Waals surface area contributed by atoms with Crippen molar-refractivity contribution in [3.8, 4) is 5.69 Å². The first-order valence-corrected chi connectivity index (χ1v) is 8.75. The second kappa shape index (κ2) is 8.05. The molecule has 1 heterocycles. The van der Waals surface area contributed by atoms with Crippen molar-refractivity contribution in [1.82, 2.24) is 14.7 Å². The normalized spacial score (nSPS) is 10.5. The van der Waals surface area contributed by atoms with Crippen LogP contribution in [0, 0.1) is 6.92 Å². The molecule has 0 aliphatic heterocycles. The second-order valence-corrected chi connectivity index (χ2v) is 6.49. The highest BCUT2D eigenvalue weighted by molar-refractivity contribution is 6.33. The topological polar surface area (TPSA) is 67.2 Å². The van der Waals surface area contributed by atoms with E-state index < -0.39 is 0 Å². The molecule has 0 aliphatic carbocycles. The molecule has 3 aromatic rings. The van der Waals surface area contributed by atoms with Crippen molar-refractivity contribution < 1.29 is 9.59 Å². The number of rotatable bonds is 5. The van der Waals surface area contributed by atoms with Gasteiger partial charge in [-0.05, 0) is 31.2 Å². The summed E-state index contributed by atoms with van der Waals surface area (Å²) in [6.45, 7) is 1.73. The molecule has 0 saturated heterocycles. The zero-order valence-corrected chi connectivity index (χ0v) is 15.8. The molecule has 0 radical (unpaired) electrons. The minimum absolute atomic E-state index is 0.0972. The maximum Gasteiger partial charge on any atom is 0.257 e. The monoisotopic (exact) mass is 382 g/mol. The third-order valence-corrected chi connectivity index (χ3v) is 4.45. The number of carbonyl (C=O) groups excluding carboxylic acids is 2. The Balaban J connectivity index is 1.70. The van der Waals surface area contributed by atoms with Gasteiger partial charge in [0, 0.05) is 7.05 Å². The number of likely N-dealkylation sites (N-methyl/N-ethyl adjacent to an activating group) is 1. The fourth-order valence-electron chi connectivity index (χ4n) is 2.69. The van der Waals surface area contributed by atoms with Crippen LogP contribution in [0.4, 0.5) is 5.69 Å². The number of para-hydroxylation sites is 2. The molecule has 2 aromatic carbocycles. The summed E-state index contributed by atoms with van der Waals surface area (Å²) in [6.07, 6.45) is 1.52. The summed E-state index contributed by atoms with van der Waals surface area (Å²) in [4.78, 5) is 26.3. The van der Waals surface area contributed by atoms with Gasteiger partial charge in [0.2, 0.25) is 5.91 Å². The average molecular weight is 383 g/mol. The first kappa shape index (κ1) is 18.7. The summed E-state index contributed by atoms with van der Waals surface area (Å²) in [5.74, 6) is -0.601. The largest absolute Gasteiger partial charge is 0.332 e. The third-order valence-electron chi connectivity index (χ3n) is 4.12. The summed E-state index contributed by atoms with van der Waals surface area (Å²) in [5.41, 5.74) is 2.54. The van der Waals surface area contributed by atoms with E-state index in [9.17, 15) is 9.59 Å². The number of nitrogens with zero attached hydrogens (tertiary/aromatic N) is 3. The van der Waals surface area contributed by atoms with Crippen LogP contribution in [0.25, 0.3) is 5.69 Å². The van der Waals surface area contributed by atoms with E-state index in [0.717, 1.165) is 5.69 Å². The van der Waals surface area contributed by atoms with Crippen molar-refractivity contribution in [3.05, 3.63) is 77.1 Å². The number of aromatic nitrogens is 2. The van der Waals surface area contributed by atoms with E-state index in [-0.39, 0.29) is 18.4 Å². The quantitative estimate of drug-likeness (QED) is 0.733. The summed E-state index contributed by atoms with van der Waals surface area (Å²) in [7, 11) is 1.58. The Bertz CT molecular complexity index is 969. The molecule has 1 aromatic heterocycles. The molecule has 2 amide bonds. The summed E-state index contributed by atoms with van der Waals surface area (Å²) in [6, 6.07) is 16.5. The van der Waals surface area contributed by atoms with Gasteiger partial charge in [-0.15, -0.1) is 0 Å². The van der Waals surface area contributed by atoms with Crippen LogP contribution in [0.5, 0.6) is 0 Å². The molecule has 0 aliphatic rings. The molecule has 6 nitrogen and oxygen atoms in total. The molecule has 0 spiro atoms. The van der Waals surface area contributed by atoms with Crippen LogP contribution in [0.15, 0.2) is 60.8 Å². The van der Waals surface area contributed by atoms with Crippen LogP contribution < -0.4 is 5.32 Å². The van der Waals surface area contributed by atoms with Crippen molar-refractivity contribution in [1.29, 1.82) is 0 Å². The van der Waals surface area contributed by atoms with Crippen molar-refractivity contribution >= 4 is 29.1 Å². The summed E-state index contributed by atoms with van der Waals surface area (Å²) >= 11 is 6.04. The van der Waals surface area contributed by atoms with Gasteiger partial charge < -0.3 is 10.2 Å². The smallest absolute Gasteiger partial charge is 0.257 e.